The van der Waals surface area contributed by atoms with Crippen LogP contribution in [-0.4, -0.2) is 44.7 Å². The second-order valence-corrected chi connectivity index (χ2v) is 8.12. The molecule has 2 N–H and O–H groups in total. The zero-order valence-electron chi connectivity index (χ0n) is 15.7. The van der Waals surface area contributed by atoms with Crippen LogP contribution in [0.5, 0.6) is 5.75 Å². The Balaban J connectivity index is 1.26. The number of anilines is 1. The molecule has 0 spiro atoms. The van der Waals surface area contributed by atoms with Gasteiger partial charge in [0.15, 0.2) is 0 Å². The minimum Gasteiger partial charge on any atom is -0.495 e. The summed E-state index contributed by atoms with van der Waals surface area (Å²) >= 11 is 0. The number of nitrogens with zero attached hydrogens (tertiary/aromatic N) is 1. The highest BCUT2D eigenvalue weighted by atomic mass is 16.5. The summed E-state index contributed by atoms with van der Waals surface area (Å²) in [7, 11) is 1.72. The second kappa shape index (κ2) is 7.87. The highest BCUT2D eigenvalue weighted by Gasteiger charge is 2.38. The van der Waals surface area contributed by atoms with Crippen LogP contribution in [0.2, 0.25) is 0 Å². The number of fused-ring (bicyclic) bond motifs is 1. The van der Waals surface area contributed by atoms with Crippen molar-refractivity contribution in [1.82, 2.24) is 10.6 Å². The molecule has 2 aliphatic heterocycles. The van der Waals surface area contributed by atoms with Gasteiger partial charge in [0.25, 0.3) is 0 Å². The number of hydrogen-bond acceptors (Lipinski definition) is 4. The predicted molar refractivity (Wildman–Crippen MR) is 104 cm³/mol. The summed E-state index contributed by atoms with van der Waals surface area (Å²) in [5.74, 6) is 2.35. The molecule has 5 heteroatoms. The van der Waals surface area contributed by atoms with E-state index >= 15 is 0 Å². The zero-order valence-corrected chi connectivity index (χ0v) is 15.7. The lowest BCUT2D eigenvalue weighted by molar-refractivity contribution is -0.123. The Kier molecular flexibility index (Phi) is 5.34. The molecule has 0 radical (unpaired) electrons. The van der Waals surface area contributed by atoms with Gasteiger partial charge in [-0.3, -0.25) is 4.79 Å². The molecule has 0 bridgehead atoms. The number of hydrogen-bond donors (Lipinski definition) is 2. The third-order valence-corrected chi connectivity index (χ3v) is 6.46. The molecule has 1 aromatic rings. The molecule has 1 aliphatic carbocycles. The molecule has 1 saturated carbocycles. The van der Waals surface area contributed by atoms with Crippen LogP contribution in [0.15, 0.2) is 24.3 Å². The van der Waals surface area contributed by atoms with Crippen LogP contribution in [0.3, 0.4) is 0 Å². The third-order valence-electron chi connectivity index (χ3n) is 6.46. The van der Waals surface area contributed by atoms with E-state index < -0.39 is 0 Å². The number of amides is 1. The molecule has 4 rings (SSSR count). The average Bonchev–Trinajstić information content (AvgIpc) is 3.33. The van der Waals surface area contributed by atoms with Crippen molar-refractivity contribution in [2.24, 2.45) is 11.8 Å². The maximum absolute atomic E-state index is 12.6. The van der Waals surface area contributed by atoms with Crippen LogP contribution in [0.25, 0.3) is 0 Å². The summed E-state index contributed by atoms with van der Waals surface area (Å²) in [4.78, 5) is 15.0. The molecule has 0 aromatic heterocycles. The van der Waals surface area contributed by atoms with Gasteiger partial charge in [0.1, 0.15) is 5.75 Å². The van der Waals surface area contributed by atoms with Crippen LogP contribution in [0.4, 0.5) is 5.69 Å². The maximum Gasteiger partial charge on any atom is 0.237 e. The summed E-state index contributed by atoms with van der Waals surface area (Å²) in [5, 5.41) is 6.80. The Morgan fingerprint density at radius 2 is 2.12 bits per heavy atom. The number of methoxy groups -OCH3 is 1. The van der Waals surface area contributed by atoms with Crippen LogP contribution < -0.4 is 20.3 Å². The molecule has 142 valence electrons. The molecule has 26 heavy (non-hydrogen) atoms. The highest BCUT2D eigenvalue weighted by molar-refractivity contribution is 5.82. The van der Waals surface area contributed by atoms with Crippen LogP contribution in [0.1, 0.15) is 38.5 Å². The van der Waals surface area contributed by atoms with Crippen molar-refractivity contribution < 1.29 is 9.53 Å². The van der Waals surface area contributed by atoms with Gasteiger partial charge in [0.05, 0.1) is 18.8 Å². The first-order valence-electron chi connectivity index (χ1n) is 10.2. The smallest absolute Gasteiger partial charge is 0.237 e. The lowest BCUT2D eigenvalue weighted by Crippen LogP contribution is -2.44. The highest BCUT2D eigenvalue weighted by Crippen LogP contribution is 2.34. The van der Waals surface area contributed by atoms with Gasteiger partial charge in [-0.25, -0.2) is 0 Å². The molecule has 1 aromatic carbocycles. The van der Waals surface area contributed by atoms with Crippen molar-refractivity contribution in [3.8, 4) is 5.75 Å². The molecular formula is C21H31N3O2. The van der Waals surface area contributed by atoms with Gasteiger partial charge in [-0.05, 0) is 49.7 Å². The van der Waals surface area contributed by atoms with Crippen molar-refractivity contribution in [1.29, 1.82) is 0 Å². The second-order valence-electron chi connectivity index (χ2n) is 8.12. The summed E-state index contributed by atoms with van der Waals surface area (Å²) in [5.41, 5.74) is 1.16. The molecule has 4 atom stereocenters. The minimum atomic E-state index is 0.0230. The van der Waals surface area contributed by atoms with E-state index in [-0.39, 0.29) is 11.9 Å². The van der Waals surface area contributed by atoms with E-state index in [1.165, 1.54) is 25.7 Å². The quantitative estimate of drug-likeness (QED) is 0.850. The van der Waals surface area contributed by atoms with E-state index in [4.69, 9.17) is 4.74 Å². The van der Waals surface area contributed by atoms with Crippen molar-refractivity contribution in [3.63, 3.8) is 0 Å². The van der Waals surface area contributed by atoms with Crippen LogP contribution in [0, 0.1) is 11.8 Å². The summed E-state index contributed by atoms with van der Waals surface area (Å²) in [6.07, 6.45) is 7.31. The van der Waals surface area contributed by atoms with E-state index in [0.717, 1.165) is 43.9 Å². The molecule has 1 amide bonds. The molecule has 3 aliphatic rings. The van der Waals surface area contributed by atoms with Gasteiger partial charge in [-0.15, -0.1) is 0 Å². The molecule has 5 nitrogen and oxygen atoms in total. The number of carbonyl (C=O) groups is 1. The van der Waals surface area contributed by atoms with Gasteiger partial charge in [-0.2, -0.15) is 0 Å². The summed E-state index contributed by atoms with van der Waals surface area (Å²) in [6, 6.07) is 8.78. The molecule has 3 fully saturated rings. The normalized spacial score (nSPS) is 30.9. The molecule has 2 saturated heterocycles. The van der Waals surface area contributed by atoms with Gasteiger partial charge >= 0.3 is 0 Å². The number of benzene rings is 1. The van der Waals surface area contributed by atoms with Crippen molar-refractivity contribution in [2.75, 3.05) is 31.6 Å². The Labute approximate surface area is 156 Å². The lowest BCUT2D eigenvalue weighted by Gasteiger charge is -2.24. The monoisotopic (exact) mass is 357 g/mol. The Morgan fingerprint density at radius 3 is 2.96 bits per heavy atom. The number of ether oxygens (including phenoxy) is 1. The first-order chi connectivity index (χ1) is 12.7. The topological polar surface area (TPSA) is 53.6 Å². The fraction of sp³-hybridized carbons (Fsp3) is 0.667. The number of carbonyl (C=O) groups excluding carboxylic acids is 1. The SMILES string of the molecule is COc1ccccc1N1CCC(CNC(=O)C2CC3CCCCC3N2)C1. The van der Waals surface area contributed by atoms with Gasteiger partial charge in [0.2, 0.25) is 5.91 Å². The Bertz CT molecular complexity index is 621. The number of nitrogens with one attached hydrogen (secondary N) is 2. The van der Waals surface area contributed by atoms with Gasteiger partial charge in [0, 0.05) is 25.7 Å². The summed E-state index contributed by atoms with van der Waals surface area (Å²) in [6.45, 7) is 2.77. The molecular weight excluding hydrogens is 326 g/mol. The minimum absolute atomic E-state index is 0.0230. The predicted octanol–water partition coefficient (Wildman–Crippen LogP) is 2.56. The standard InChI is InChI=1S/C21H31N3O2/c1-26-20-9-5-4-8-19(20)24-11-10-15(14-24)13-22-21(25)18-12-16-6-2-3-7-17(16)23-18/h4-5,8-9,15-18,23H,2-3,6-7,10-14H2,1H3,(H,22,25). The van der Waals surface area contributed by atoms with E-state index in [9.17, 15) is 4.79 Å². The van der Waals surface area contributed by atoms with Crippen LogP contribution in [-0.2, 0) is 4.79 Å². The van der Waals surface area contributed by atoms with E-state index in [2.05, 4.69) is 27.7 Å². The van der Waals surface area contributed by atoms with Gasteiger partial charge < -0.3 is 20.3 Å². The summed E-state index contributed by atoms with van der Waals surface area (Å²) < 4.78 is 5.49. The lowest BCUT2D eigenvalue weighted by atomic mass is 9.85. The average molecular weight is 357 g/mol. The Morgan fingerprint density at radius 1 is 1.27 bits per heavy atom. The van der Waals surface area contributed by atoms with E-state index in [1.807, 2.05) is 12.1 Å². The van der Waals surface area contributed by atoms with E-state index in [0.29, 0.717) is 17.9 Å². The van der Waals surface area contributed by atoms with Crippen molar-refractivity contribution in [2.45, 2.75) is 50.6 Å². The largest absolute Gasteiger partial charge is 0.495 e. The van der Waals surface area contributed by atoms with E-state index in [1.54, 1.807) is 7.11 Å². The first-order valence-corrected chi connectivity index (χ1v) is 10.2. The molecule has 4 unspecified atom stereocenters. The zero-order chi connectivity index (χ0) is 17.9. The number of rotatable bonds is 5. The van der Waals surface area contributed by atoms with Crippen molar-refractivity contribution >= 4 is 11.6 Å². The Hall–Kier alpha value is -1.75. The molecule has 2 heterocycles. The fourth-order valence-electron chi connectivity index (χ4n) is 5.00. The van der Waals surface area contributed by atoms with Crippen molar-refractivity contribution in [3.05, 3.63) is 24.3 Å². The first kappa shape index (κ1) is 17.7. The van der Waals surface area contributed by atoms with Crippen LogP contribution >= 0.6 is 0 Å². The third kappa shape index (κ3) is 3.68. The maximum atomic E-state index is 12.6. The van der Waals surface area contributed by atoms with Gasteiger partial charge in [-0.1, -0.05) is 25.0 Å². The number of para-hydroxylation sites is 2. The fourth-order valence-corrected chi connectivity index (χ4v) is 5.00.